The number of nitrogens with zero attached hydrogens (tertiary/aromatic N) is 1. The molecular formula is C11H13Cl3N2O2S. The van der Waals surface area contributed by atoms with Crippen molar-refractivity contribution < 1.29 is 8.42 Å². The zero-order chi connectivity index (χ0) is 14.4. The maximum atomic E-state index is 12.6. The molecule has 2 unspecified atom stereocenters. The summed E-state index contributed by atoms with van der Waals surface area (Å²) in [4.78, 5) is -0.110. The first-order chi connectivity index (χ1) is 8.75. The van der Waals surface area contributed by atoms with E-state index in [1.54, 1.807) is 6.92 Å². The van der Waals surface area contributed by atoms with Crippen LogP contribution in [-0.4, -0.2) is 31.4 Å². The van der Waals surface area contributed by atoms with E-state index in [-0.39, 0.29) is 27.0 Å². The van der Waals surface area contributed by atoms with Crippen LogP contribution in [0.15, 0.2) is 17.0 Å². The number of hydrogen-bond donors (Lipinski definition) is 1. The van der Waals surface area contributed by atoms with Gasteiger partial charge in [0.15, 0.2) is 0 Å². The summed E-state index contributed by atoms with van der Waals surface area (Å²) in [5.41, 5.74) is 5.85. The second kappa shape index (κ2) is 5.39. The summed E-state index contributed by atoms with van der Waals surface area (Å²) in [6, 6.07) is 2.26. The van der Waals surface area contributed by atoms with Crippen molar-refractivity contribution in [1.29, 1.82) is 0 Å². The molecule has 1 aliphatic rings. The van der Waals surface area contributed by atoms with Crippen molar-refractivity contribution in [3.8, 4) is 0 Å². The molecule has 2 rings (SSSR count). The molecule has 1 saturated heterocycles. The molecule has 1 fully saturated rings. The van der Waals surface area contributed by atoms with E-state index in [1.807, 2.05) is 0 Å². The Bertz CT molecular complexity index is 583. The maximum absolute atomic E-state index is 12.6. The Morgan fingerprint density at radius 1 is 1.26 bits per heavy atom. The number of hydrogen-bond acceptors (Lipinski definition) is 3. The third kappa shape index (κ3) is 2.73. The van der Waals surface area contributed by atoms with Gasteiger partial charge in [-0.05, 0) is 25.5 Å². The first-order valence-electron chi connectivity index (χ1n) is 5.67. The topological polar surface area (TPSA) is 63.4 Å². The number of sulfonamides is 1. The van der Waals surface area contributed by atoms with E-state index in [4.69, 9.17) is 40.5 Å². The zero-order valence-corrected chi connectivity index (χ0v) is 13.2. The number of rotatable bonds is 2. The minimum atomic E-state index is -3.77. The van der Waals surface area contributed by atoms with Crippen LogP contribution >= 0.6 is 34.8 Å². The van der Waals surface area contributed by atoms with Crippen LogP contribution in [0.3, 0.4) is 0 Å². The van der Waals surface area contributed by atoms with Gasteiger partial charge in [-0.25, -0.2) is 8.42 Å². The van der Waals surface area contributed by atoms with Gasteiger partial charge in [-0.15, -0.1) is 0 Å². The summed E-state index contributed by atoms with van der Waals surface area (Å²) in [6.07, 6.45) is 0.614. The highest BCUT2D eigenvalue weighted by Gasteiger charge is 2.39. The molecule has 0 aromatic heterocycles. The van der Waals surface area contributed by atoms with E-state index in [0.717, 1.165) is 0 Å². The van der Waals surface area contributed by atoms with E-state index >= 15 is 0 Å². The maximum Gasteiger partial charge on any atom is 0.246 e. The Labute approximate surface area is 127 Å². The van der Waals surface area contributed by atoms with Crippen LogP contribution in [0.25, 0.3) is 0 Å². The molecule has 0 amide bonds. The van der Waals surface area contributed by atoms with Crippen molar-refractivity contribution >= 4 is 44.8 Å². The quantitative estimate of drug-likeness (QED) is 0.898. The molecule has 1 aromatic rings. The van der Waals surface area contributed by atoms with Crippen LogP contribution in [-0.2, 0) is 10.0 Å². The standard InChI is InChI=1S/C11H13Cl3N2O2S/c1-6-10(15)2-3-16(6)19(17,18)11-8(13)4-7(12)5-9(11)14/h4-6,10H,2-3,15H2,1H3. The van der Waals surface area contributed by atoms with Crippen LogP contribution in [0.5, 0.6) is 0 Å². The second-order valence-corrected chi connectivity index (χ2v) is 7.59. The third-order valence-electron chi connectivity index (χ3n) is 3.29. The normalized spacial score (nSPS) is 24.9. The van der Waals surface area contributed by atoms with Crippen LogP contribution in [0.2, 0.25) is 15.1 Å². The fourth-order valence-electron chi connectivity index (χ4n) is 2.17. The molecule has 0 aliphatic carbocycles. The molecule has 1 heterocycles. The van der Waals surface area contributed by atoms with Gasteiger partial charge in [-0.2, -0.15) is 4.31 Å². The average molecular weight is 344 g/mol. The van der Waals surface area contributed by atoms with Gasteiger partial charge in [0.1, 0.15) is 4.90 Å². The van der Waals surface area contributed by atoms with Crippen LogP contribution < -0.4 is 5.73 Å². The third-order valence-corrected chi connectivity index (χ3v) is 6.41. The van der Waals surface area contributed by atoms with Crippen LogP contribution in [0, 0.1) is 0 Å². The summed E-state index contributed by atoms with van der Waals surface area (Å²) in [5, 5.41) is 0.329. The molecule has 1 aromatic carbocycles. The Kier molecular flexibility index (Phi) is 4.35. The molecule has 0 bridgehead atoms. The van der Waals surface area contributed by atoms with Crippen molar-refractivity contribution in [2.45, 2.75) is 30.3 Å². The lowest BCUT2D eigenvalue weighted by Gasteiger charge is -2.23. The predicted molar refractivity (Wildman–Crippen MR) is 77.4 cm³/mol. The Balaban J connectivity index is 2.52. The van der Waals surface area contributed by atoms with E-state index < -0.39 is 10.0 Å². The van der Waals surface area contributed by atoms with Crippen molar-refractivity contribution in [3.63, 3.8) is 0 Å². The first kappa shape index (κ1) is 15.4. The van der Waals surface area contributed by atoms with Crippen LogP contribution in [0.1, 0.15) is 13.3 Å². The van der Waals surface area contributed by atoms with Gasteiger partial charge in [0.25, 0.3) is 0 Å². The molecule has 0 radical (unpaired) electrons. The SMILES string of the molecule is CC1C(N)CCN1S(=O)(=O)c1c(Cl)cc(Cl)cc1Cl. The molecule has 4 nitrogen and oxygen atoms in total. The summed E-state index contributed by atoms with van der Waals surface area (Å²) in [7, 11) is -3.77. The summed E-state index contributed by atoms with van der Waals surface area (Å²) in [6.45, 7) is 2.13. The van der Waals surface area contributed by atoms with Crippen molar-refractivity contribution in [1.82, 2.24) is 4.31 Å². The molecule has 2 N–H and O–H groups in total. The molecule has 1 aliphatic heterocycles. The molecule has 8 heteroatoms. The fourth-order valence-corrected chi connectivity index (χ4v) is 5.35. The van der Waals surface area contributed by atoms with Gasteiger partial charge in [0.2, 0.25) is 10.0 Å². The van der Waals surface area contributed by atoms with Crippen LogP contribution in [0.4, 0.5) is 0 Å². The van der Waals surface area contributed by atoms with E-state index in [2.05, 4.69) is 0 Å². The Hall–Kier alpha value is -0.0400. The minimum absolute atomic E-state index is 0.0187. The summed E-state index contributed by atoms with van der Waals surface area (Å²) >= 11 is 17.7. The molecule has 2 atom stereocenters. The Morgan fingerprint density at radius 3 is 2.21 bits per heavy atom. The highest BCUT2D eigenvalue weighted by atomic mass is 35.5. The lowest BCUT2D eigenvalue weighted by Crippen LogP contribution is -2.40. The molecule has 0 saturated carbocycles. The average Bonchev–Trinajstić information content (AvgIpc) is 2.57. The smallest absolute Gasteiger partial charge is 0.246 e. The number of halogens is 3. The largest absolute Gasteiger partial charge is 0.326 e. The van der Waals surface area contributed by atoms with Gasteiger partial charge in [0, 0.05) is 23.7 Å². The van der Waals surface area contributed by atoms with E-state index in [0.29, 0.717) is 18.0 Å². The van der Waals surface area contributed by atoms with Gasteiger partial charge in [-0.1, -0.05) is 34.8 Å². The highest BCUT2D eigenvalue weighted by molar-refractivity contribution is 7.89. The van der Waals surface area contributed by atoms with Gasteiger partial charge < -0.3 is 5.73 Å². The second-order valence-electron chi connectivity index (χ2n) is 4.51. The summed E-state index contributed by atoms with van der Waals surface area (Å²) in [5.74, 6) is 0. The lowest BCUT2D eigenvalue weighted by molar-refractivity contribution is 0.393. The first-order valence-corrected chi connectivity index (χ1v) is 8.24. The lowest BCUT2D eigenvalue weighted by atomic mass is 10.2. The molecule has 106 valence electrons. The van der Waals surface area contributed by atoms with Crippen molar-refractivity contribution in [2.75, 3.05) is 6.54 Å². The van der Waals surface area contributed by atoms with Gasteiger partial charge >= 0.3 is 0 Å². The molecule has 19 heavy (non-hydrogen) atoms. The predicted octanol–water partition coefficient (Wildman–Crippen LogP) is 2.76. The Morgan fingerprint density at radius 2 is 1.79 bits per heavy atom. The number of nitrogens with two attached hydrogens (primary N) is 1. The van der Waals surface area contributed by atoms with E-state index in [1.165, 1.54) is 16.4 Å². The zero-order valence-electron chi connectivity index (χ0n) is 10.1. The monoisotopic (exact) mass is 342 g/mol. The van der Waals surface area contributed by atoms with Gasteiger partial charge in [0.05, 0.1) is 10.0 Å². The molecular weight excluding hydrogens is 331 g/mol. The van der Waals surface area contributed by atoms with E-state index in [9.17, 15) is 8.42 Å². The van der Waals surface area contributed by atoms with Crippen molar-refractivity contribution in [2.24, 2.45) is 5.73 Å². The number of benzene rings is 1. The summed E-state index contributed by atoms with van der Waals surface area (Å²) < 4.78 is 26.5. The van der Waals surface area contributed by atoms with Crippen molar-refractivity contribution in [3.05, 3.63) is 27.2 Å². The highest BCUT2D eigenvalue weighted by Crippen LogP contribution is 2.36. The fraction of sp³-hybridized carbons (Fsp3) is 0.455. The minimum Gasteiger partial charge on any atom is -0.326 e. The van der Waals surface area contributed by atoms with Gasteiger partial charge in [-0.3, -0.25) is 0 Å². The molecule has 0 spiro atoms.